The summed E-state index contributed by atoms with van der Waals surface area (Å²) in [5.74, 6) is 0.304. The molecular weight excluding hydrogens is 338 g/mol. The van der Waals surface area contributed by atoms with Crippen molar-refractivity contribution >= 4 is 27.4 Å². The molecule has 0 amide bonds. The Morgan fingerprint density at radius 1 is 1.24 bits per heavy atom. The first-order chi connectivity index (χ1) is 10.0. The van der Waals surface area contributed by atoms with Gasteiger partial charge in [-0.05, 0) is 34.1 Å². The van der Waals surface area contributed by atoms with Crippen molar-refractivity contribution in [2.24, 2.45) is 0 Å². The van der Waals surface area contributed by atoms with Crippen LogP contribution < -0.4 is 4.74 Å². The summed E-state index contributed by atoms with van der Waals surface area (Å²) < 4.78 is 6.10. The molecule has 0 fully saturated rings. The zero-order valence-corrected chi connectivity index (χ0v) is 12.8. The van der Waals surface area contributed by atoms with E-state index in [2.05, 4.69) is 15.9 Å². The van der Waals surface area contributed by atoms with Crippen molar-refractivity contribution < 1.29 is 14.5 Å². The Morgan fingerprint density at radius 2 is 1.95 bits per heavy atom. The van der Waals surface area contributed by atoms with Crippen LogP contribution in [-0.4, -0.2) is 10.7 Å². The van der Waals surface area contributed by atoms with Gasteiger partial charge in [-0.2, -0.15) is 0 Å². The molecule has 0 aliphatic heterocycles. The first-order valence-electron chi connectivity index (χ1n) is 6.27. The number of ketones is 1. The zero-order chi connectivity index (χ0) is 15.4. The minimum Gasteiger partial charge on any atom is -0.448 e. The number of benzene rings is 2. The fourth-order valence-corrected chi connectivity index (χ4v) is 2.27. The van der Waals surface area contributed by atoms with Crippen LogP contribution in [0.4, 0.5) is 5.69 Å². The molecule has 0 unspecified atom stereocenters. The number of hydrogen-bond donors (Lipinski definition) is 0. The third-order valence-electron chi connectivity index (χ3n) is 2.86. The highest BCUT2D eigenvalue weighted by Crippen LogP contribution is 2.39. The van der Waals surface area contributed by atoms with E-state index in [9.17, 15) is 14.9 Å². The SMILES string of the molecule is CCC(=O)c1ccccc1Oc1c(Br)cccc1[N+](=O)[O-]. The monoisotopic (exact) mass is 349 g/mol. The second kappa shape index (κ2) is 6.49. The lowest BCUT2D eigenvalue weighted by Gasteiger charge is -2.11. The summed E-state index contributed by atoms with van der Waals surface area (Å²) in [6.45, 7) is 1.75. The molecule has 0 saturated carbocycles. The van der Waals surface area contributed by atoms with E-state index < -0.39 is 4.92 Å². The van der Waals surface area contributed by atoms with E-state index >= 15 is 0 Å². The summed E-state index contributed by atoms with van der Waals surface area (Å²) >= 11 is 3.24. The van der Waals surface area contributed by atoms with Gasteiger partial charge in [0.15, 0.2) is 5.78 Å². The average molecular weight is 350 g/mol. The summed E-state index contributed by atoms with van der Waals surface area (Å²) in [6, 6.07) is 11.2. The smallest absolute Gasteiger partial charge is 0.312 e. The molecule has 0 bridgehead atoms. The van der Waals surface area contributed by atoms with Crippen molar-refractivity contribution in [1.29, 1.82) is 0 Å². The normalized spacial score (nSPS) is 10.2. The minimum atomic E-state index is -0.523. The fourth-order valence-electron chi connectivity index (χ4n) is 1.83. The molecule has 5 nitrogen and oxygen atoms in total. The predicted molar refractivity (Wildman–Crippen MR) is 81.9 cm³/mol. The van der Waals surface area contributed by atoms with Crippen molar-refractivity contribution in [2.45, 2.75) is 13.3 Å². The van der Waals surface area contributed by atoms with E-state index in [0.717, 1.165) is 0 Å². The van der Waals surface area contributed by atoms with Crippen LogP contribution in [0.2, 0.25) is 0 Å². The molecule has 21 heavy (non-hydrogen) atoms. The number of para-hydroxylation sites is 2. The molecule has 0 radical (unpaired) electrons. The van der Waals surface area contributed by atoms with E-state index in [1.807, 2.05) is 0 Å². The Hall–Kier alpha value is -2.21. The molecule has 0 atom stereocenters. The molecule has 0 N–H and O–H groups in total. The third-order valence-corrected chi connectivity index (χ3v) is 3.49. The van der Waals surface area contributed by atoms with Gasteiger partial charge >= 0.3 is 5.69 Å². The molecule has 6 heteroatoms. The Kier molecular flexibility index (Phi) is 4.70. The van der Waals surface area contributed by atoms with E-state index in [1.54, 1.807) is 43.3 Å². The number of rotatable bonds is 5. The zero-order valence-electron chi connectivity index (χ0n) is 11.2. The fraction of sp³-hybridized carbons (Fsp3) is 0.133. The van der Waals surface area contributed by atoms with Gasteiger partial charge in [0, 0.05) is 12.5 Å². The maximum Gasteiger partial charge on any atom is 0.312 e. The van der Waals surface area contributed by atoms with Crippen molar-refractivity contribution in [3.8, 4) is 11.5 Å². The largest absolute Gasteiger partial charge is 0.448 e. The molecule has 2 rings (SSSR count). The highest BCUT2D eigenvalue weighted by Gasteiger charge is 2.20. The number of nitro benzene ring substituents is 1. The van der Waals surface area contributed by atoms with E-state index in [0.29, 0.717) is 22.2 Å². The lowest BCUT2D eigenvalue weighted by Crippen LogP contribution is -2.01. The van der Waals surface area contributed by atoms with Gasteiger partial charge < -0.3 is 4.74 Å². The highest BCUT2D eigenvalue weighted by atomic mass is 79.9. The predicted octanol–water partition coefficient (Wildman–Crippen LogP) is 4.74. The van der Waals surface area contributed by atoms with Crippen LogP contribution in [0, 0.1) is 10.1 Å². The van der Waals surface area contributed by atoms with Crippen LogP contribution in [0.25, 0.3) is 0 Å². The number of Topliss-reactive ketones (excluding diaryl/α,β-unsaturated/α-hetero) is 1. The van der Waals surface area contributed by atoms with Crippen molar-refractivity contribution in [1.82, 2.24) is 0 Å². The van der Waals surface area contributed by atoms with Gasteiger partial charge in [0.1, 0.15) is 5.75 Å². The van der Waals surface area contributed by atoms with Gasteiger partial charge in [0.05, 0.1) is 15.0 Å². The molecule has 0 heterocycles. The molecule has 0 aromatic heterocycles. The highest BCUT2D eigenvalue weighted by molar-refractivity contribution is 9.10. The van der Waals surface area contributed by atoms with Crippen molar-refractivity contribution in [2.75, 3.05) is 0 Å². The number of hydrogen-bond acceptors (Lipinski definition) is 4. The van der Waals surface area contributed by atoms with Gasteiger partial charge in [0.25, 0.3) is 0 Å². The number of nitrogens with zero attached hydrogens (tertiary/aromatic N) is 1. The maximum absolute atomic E-state index is 11.9. The van der Waals surface area contributed by atoms with Crippen molar-refractivity contribution in [3.05, 3.63) is 62.6 Å². The third kappa shape index (κ3) is 3.28. The summed E-state index contributed by atoms with van der Waals surface area (Å²) in [5, 5.41) is 11.1. The van der Waals surface area contributed by atoms with Gasteiger partial charge in [-0.15, -0.1) is 0 Å². The minimum absolute atomic E-state index is 0.0823. The Morgan fingerprint density at radius 3 is 2.62 bits per heavy atom. The number of ether oxygens (including phenoxy) is 1. The van der Waals surface area contributed by atoms with Crippen LogP contribution >= 0.6 is 15.9 Å². The summed E-state index contributed by atoms with van der Waals surface area (Å²) in [6.07, 6.45) is 0.332. The standard InChI is InChI=1S/C15H12BrNO4/c1-2-13(18)10-6-3-4-9-14(10)21-15-11(16)7-5-8-12(15)17(19)20/h3-9H,2H2,1H3. The van der Waals surface area contributed by atoms with Crippen LogP contribution in [0.15, 0.2) is 46.9 Å². The Balaban J connectivity index is 2.49. The summed E-state index contributed by atoms with van der Waals surface area (Å²) in [4.78, 5) is 22.5. The molecule has 108 valence electrons. The average Bonchev–Trinajstić information content (AvgIpc) is 2.48. The number of halogens is 1. The van der Waals surface area contributed by atoms with Crippen LogP contribution in [0.3, 0.4) is 0 Å². The Bertz CT molecular complexity index is 700. The van der Waals surface area contributed by atoms with Crippen LogP contribution in [0.5, 0.6) is 11.5 Å². The van der Waals surface area contributed by atoms with Gasteiger partial charge in [0.2, 0.25) is 5.75 Å². The van der Waals surface area contributed by atoms with Gasteiger partial charge in [-0.3, -0.25) is 14.9 Å². The molecule has 2 aromatic rings. The second-order valence-corrected chi connectivity index (χ2v) is 5.07. The molecule has 0 aliphatic rings. The van der Waals surface area contributed by atoms with Gasteiger partial charge in [-0.1, -0.05) is 25.1 Å². The summed E-state index contributed by atoms with van der Waals surface area (Å²) in [7, 11) is 0. The molecule has 2 aromatic carbocycles. The lowest BCUT2D eigenvalue weighted by molar-refractivity contribution is -0.385. The van der Waals surface area contributed by atoms with Gasteiger partial charge in [-0.25, -0.2) is 0 Å². The van der Waals surface area contributed by atoms with E-state index in [4.69, 9.17) is 4.74 Å². The molecular formula is C15H12BrNO4. The van der Waals surface area contributed by atoms with E-state index in [-0.39, 0.29) is 17.2 Å². The van der Waals surface area contributed by atoms with Crippen molar-refractivity contribution in [3.63, 3.8) is 0 Å². The Labute approximate surface area is 129 Å². The summed E-state index contributed by atoms with van der Waals surface area (Å²) in [5.41, 5.74) is 0.244. The number of nitro groups is 1. The first kappa shape index (κ1) is 15.2. The maximum atomic E-state index is 11.9. The number of carbonyl (C=O) groups is 1. The first-order valence-corrected chi connectivity index (χ1v) is 7.07. The molecule has 0 aliphatic carbocycles. The lowest BCUT2D eigenvalue weighted by atomic mass is 10.1. The van der Waals surface area contributed by atoms with Crippen LogP contribution in [0.1, 0.15) is 23.7 Å². The number of carbonyl (C=O) groups excluding carboxylic acids is 1. The van der Waals surface area contributed by atoms with Crippen LogP contribution in [-0.2, 0) is 0 Å². The second-order valence-electron chi connectivity index (χ2n) is 4.22. The molecule has 0 saturated heterocycles. The molecule has 0 spiro atoms. The quantitative estimate of drug-likeness (QED) is 0.444. The topological polar surface area (TPSA) is 69.4 Å². The van der Waals surface area contributed by atoms with E-state index in [1.165, 1.54) is 6.07 Å².